The van der Waals surface area contributed by atoms with Gasteiger partial charge in [0.15, 0.2) is 11.2 Å². The lowest BCUT2D eigenvalue weighted by atomic mass is 10.0. The van der Waals surface area contributed by atoms with Crippen molar-refractivity contribution in [3.63, 3.8) is 0 Å². The van der Waals surface area contributed by atoms with Gasteiger partial charge in [-0.3, -0.25) is 9.78 Å². The third-order valence-electron chi connectivity index (χ3n) is 5.52. The van der Waals surface area contributed by atoms with Crippen molar-refractivity contribution in [2.24, 2.45) is 17.6 Å². The minimum Gasteiger partial charge on any atom is -0.369 e. The van der Waals surface area contributed by atoms with Crippen molar-refractivity contribution in [1.82, 2.24) is 29.9 Å². The minimum atomic E-state index is -0.203. The molecular weight excluding hydrogens is 368 g/mol. The molecule has 9 nitrogen and oxygen atoms in total. The summed E-state index contributed by atoms with van der Waals surface area (Å²) in [5.74, 6) is 0.692. The zero-order chi connectivity index (χ0) is 19.8. The Kier molecular flexibility index (Phi) is 4.27. The smallest absolute Gasteiger partial charge is 0.224 e. The summed E-state index contributed by atoms with van der Waals surface area (Å²) >= 11 is 0. The Hall–Kier alpha value is -3.62. The van der Waals surface area contributed by atoms with E-state index in [9.17, 15) is 4.79 Å². The Balaban J connectivity index is 1.39. The molecule has 1 amide bonds. The maximum Gasteiger partial charge on any atom is 0.224 e. The topological polar surface area (TPSA) is 124 Å². The van der Waals surface area contributed by atoms with Gasteiger partial charge in [-0.2, -0.15) is 9.67 Å². The molecule has 3 heterocycles. The number of carbonyl (C=O) groups is 1. The van der Waals surface area contributed by atoms with E-state index in [4.69, 9.17) is 5.73 Å². The molecule has 3 N–H and O–H groups in total. The lowest BCUT2D eigenvalue weighted by molar-refractivity contribution is -0.121. The average molecular weight is 388 g/mol. The number of nitrogens with one attached hydrogen (secondary N) is 1. The molecule has 5 rings (SSSR count). The van der Waals surface area contributed by atoms with Crippen LogP contribution in [0.2, 0.25) is 0 Å². The van der Waals surface area contributed by atoms with Gasteiger partial charge in [-0.1, -0.05) is 11.3 Å². The maximum absolute atomic E-state index is 11.3. The number of nitrogens with two attached hydrogens (primary N) is 1. The largest absolute Gasteiger partial charge is 0.369 e. The number of carbonyl (C=O) groups excluding carboxylic acids is 1. The highest BCUT2D eigenvalue weighted by molar-refractivity contribution is 5.81. The van der Waals surface area contributed by atoms with Crippen LogP contribution in [0.15, 0.2) is 42.7 Å². The Morgan fingerprint density at radius 3 is 3.00 bits per heavy atom. The highest BCUT2D eigenvalue weighted by atomic mass is 16.1. The van der Waals surface area contributed by atoms with Crippen molar-refractivity contribution >= 4 is 33.9 Å². The van der Waals surface area contributed by atoms with Gasteiger partial charge in [-0.15, -0.1) is 5.10 Å². The van der Waals surface area contributed by atoms with E-state index in [2.05, 4.69) is 30.6 Å². The number of nitrogens with zero attached hydrogens (tertiary/aromatic N) is 6. The van der Waals surface area contributed by atoms with E-state index in [0.717, 1.165) is 35.9 Å². The number of hydrogen-bond acceptors (Lipinski definition) is 7. The molecule has 1 aliphatic rings. The van der Waals surface area contributed by atoms with Crippen molar-refractivity contribution in [3.05, 3.63) is 42.7 Å². The Morgan fingerprint density at radius 1 is 1.21 bits per heavy atom. The molecule has 1 fully saturated rings. The number of anilines is 1. The minimum absolute atomic E-state index is 0.0155. The van der Waals surface area contributed by atoms with Gasteiger partial charge in [0.25, 0.3) is 0 Å². The molecule has 1 unspecified atom stereocenters. The van der Waals surface area contributed by atoms with Crippen LogP contribution in [-0.2, 0) is 4.79 Å². The molecule has 0 saturated heterocycles. The number of hydrogen-bond donors (Lipinski definition) is 2. The summed E-state index contributed by atoms with van der Waals surface area (Å²) in [6.07, 6.45) is 6.09. The van der Waals surface area contributed by atoms with E-state index in [1.807, 2.05) is 30.3 Å². The Labute approximate surface area is 166 Å². The fourth-order valence-corrected chi connectivity index (χ4v) is 3.94. The number of rotatable bonds is 5. The first kappa shape index (κ1) is 17.5. The fourth-order valence-electron chi connectivity index (χ4n) is 3.94. The van der Waals surface area contributed by atoms with E-state index >= 15 is 0 Å². The Bertz CT molecular complexity index is 1200. The SMILES string of the molecule is NC(=O)[C@H]1CCC(CNc2ncc3nnn(-c4ccc5ncccc5c4)c3n2)C1. The molecule has 146 valence electrons. The second-order valence-corrected chi connectivity index (χ2v) is 7.44. The second-order valence-electron chi connectivity index (χ2n) is 7.44. The van der Waals surface area contributed by atoms with Gasteiger partial charge in [-0.25, -0.2) is 4.98 Å². The van der Waals surface area contributed by atoms with Gasteiger partial charge in [0, 0.05) is 24.0 Å². The van der Waals surface area contributed by atoms with Crippen LogP contribution in [0.3, 0.4) is 0 Å². The Morgan fingerprint density at radius 2 is 2.14 bits per heavy atom. The molecule has 0 radical (unpaired) electrons. The van der Waals surface area contributed by atoms with Crippen LogP contribution in [0.4, 0.5) is 5.95 Å². The number of benzene rings is 1. The van der Waals surface area contributed by atoms with Crippen molar-refractivity contribution in [1.29, 1.82) is 0 Å². The third-order valence-corrected chi connectivity index (χ3v) is 5.52. The van der Waals surface area contributed by atoms with Crippen LogP contribution in [0.1, 0.15) is 19.3 Å². The molecule has 1 aromatic carbocycles. The molecule has 0 spiro atoms. The molecule has 29 heavy (non-hydrogen) atoms. The molecule has 3 aromatic heterocycles. The van der Waals surface area contributed by atoms with E-state index in [-0.39, 0.29) is 11.8 Å². The quantitative estimate of drug-likeness (QED) is 0.536. The average Bonchev–Trinajstić information content (AvgIpc) is 3.39. The monoisotopic (exact) mass is 388 g/mol. The van der Waals surface area contributed by atoms with Crippen LogP contribution in [0, 0.1) is 11.8 Å². The van der Waals surface area contributed by atoms with Crippen LogP contribution in [-0.4, -0.2) is 42.4 Å². The first-order valence-electron chi connectivity index (χ1n) is 9.64. The van der Waals surface area contributed by atoms with E-state index < -0.39 is 0 Å². The lowest BCUT2D eigenvalue weighted by Gasteiger charge is -2.11. The maximum atomic E-state index is 11.3. The van der Waals surface area contributed by atoms with E-state index in [1.165, 1.54) is 0 Å². The number of primary amides is 1. The normalized spacial score (nSPS) is 19.0. The predicted octanol–water partition coefficient (Wildman–Crippen LogP) is 2.07. The van der Waals surface area contributed by atoms with Crippen molar-refractivity contribution in [2.75, 3.05) is 11.9 Å². The van der Waals surface area contributed by atoms with Gasteiger partial charge >= 0.3 is 0 Å². The molecule has 0 aliphatic heterocycles. The summed E-state index contributed by atoms with van der Waals surface area (Å²) in [7, 11) is 0. The molecule has 1 aliphatic carbocycles. The van der Waals surface area contributed by atoms with Gasteiger partial charge in [0.1, 0.15) is 0 Å². The van der Waals surface area contributed by atoms with Gasteiger partial charge in [-0.05, 0) is 49.4 Å². The van der Waals surface area contributed by atoms with Crippen molar-refractivity contribution < 1.29 is 4.79 Å². The summed E-state index contributed by atoms with van der Waals surface area (Å²) in [4.78, 5) is 24.7. The first-order chi connectivity index (χ1) is 14.2. The van der Waals surface area contributed by atoms with Crippen LogP contribution < -0.4 is 11.1 Å². The summed E-state index contributed by atoms with van der Waals surface area (Å²) < 4.78 is 1.70. The standard InChI is InChI=1S/C20H20N8O/c21-18(29)14-4-3-12(8-14)10-23-20-24-11-17-19(25-20)28(27-26-17)15-5-6-16-13(9-15)2-1-7-22-16/h1-2,5-7,9,11-12,14H,3-4,8,10H2,(H2,21,29)(H,23,24,25)/t12?,14-/m0/s1. The van der Waals surface area contributed by atoms with Crippen molar-refractivity contribution in [2.45, 2.75) is 19.3 Å². The highest BCUT2D eigenvalue weighted by Gasteiger charge is 2.28. The van der Waals surface area contributed by atoms with Crippen molar-refractivity contribution in [3.8, 4) is 5.69 Å². The summed E-state index contributed by atoms with van der Waals surface area (Å²) in [5.41, 5.74) is 8.45. The molecular formula is C20H20N8O. The number of pyridine rings is 1. The lowest BCUT2D eigenvalue weighted by Crippen LogP contribution is -2.21. The summed E-state index contributed by atoms with van der Waals surface area (Å²) in [6.45, 7) is 0.707. The second kappa shape index (κ2) is 7.08. The number of fused-ring (bicyclic) bond motifs is 2. The zero-order valence-corrected chi connectivity index (χ0v) is 15.7. The highest BCUT2D eigenvalue weighted by Crippen LogP contribution is 2.30. The number of amides is 1. The molecule has 4 aromatic rings. The molecule has 0 bridgehead atoms. The molecule has 1 saturated carbocycles. The predicted molar refractivity (Wildman–Crippen MR) is 108 cm³/mol. The molecule has 9 heteroatoms. The third kappa shape index (κ3) is 3.35. The van der Waals surface area contributed by atoms with Crippen LogP contribution in [0.5, 0.6) is 0 Å². The zero-order valence-electron chi connectivity index (χ0n) is 15.7. The first-order valence-corrected chi connectivity index (χ1v) is 9.64. The summed E-state index contributed by atoms with van der Waals surface area (Å²) in [6, 6.07) is 9.82. The van der Waals surface area contributed by atoms with E-state index in [1.54, 1.807) is 17.1 Å². The summed E-state index contributed by atoms with van der Waals surface area (Å²) in [5, 5.41) is 12.7. The van der Waals surface area contributed by atoms with Gasteiger partial charge in [0.2, 0.25) is 11.9 Å². The fraction of sp³-hybridized carbons (Fsp3) is 0.300. The van der Waals surface area contributed by atoms with Crippen LogP contribution in [0.25, 0.3) is 27.8 Å². The number of aromatic nitrogens is 6. The van der Waals surface area contributed by atoms with E-state index in [0.29, 0.717) is 29.6 Å². The van der Waals surface area contributed by atoms with Gasteiger partial charge in [0.05, 0.1) is 17.4 Å². The van der Waals surface area contributed by atoms with Gasteiger partial charge < -0.3 is 11.1 Å². The molecule has 2 atom stereocenters. The van der Waals surface area contributed by atoms with Crippen LogP contribution >= 0.6 is 0 Å².